The summed E-state index contributed by atoms with van der Waals surface area (Å²) in [5.41, 5.74) is 5.26. The number of rotatable bonds is 5. The van der Waals surface area contributed by atoms with E-state index in [0.29, 0.717) is 28.2 Å². The number of nitrogens with two attached hydrogens (primary N) is 1. The van der Waals surface area contributed by atoms with E-state index in [0.717, 1.165) is 0 Å². The van der Waals surface area contributed by atoms with E-state index in [1.165, 1.54) is 11.3 Å². The third-order valence-corrected chi connectivity index (χ3v) is 5.63. The highest BCUT2D eigenvalue weighted by molar-refractivity contribution is 9.10. The molecule has 7 heteroatoms. The van der Waals surface area contributed by atoms with Gasteiger partial charge in [-0.15, -0.1) is 11.3 Å². The first-order valence-corrected chi connectivity index (χ1v) is 7.16. The molecule has 1 heterocycles. The topological polar surface area (TPSA) is 72.2 Å². The summed E-state index contributed by atoms with van der Waals surface area (Å²) in [5, 5.41) is 1.72. The van der Waals surface area contributed by atoms with Gasteiger partial charge in [-0.1, -0.05) is 0 Å². The molecular formula is C7H11BrN2O2S2. The van der Waals surface area contributed by atoms with Gasteiger partial charge in [-0.25, -0.2) is 13.1 Å². The zero-order chi connectivity index (χ0) is 10.6. The number of hydrogen-bond donors (Lipinski definition) is 2. The molecule has 0 saturated heterocycles. The third kappa shape index (κ3) is 3.03. The van der Waals surface area contributed by atoms with Crippen molar-refractivity contribution in [2.75, 3.05) is 13.1 Å². The second kappa shape index (κ2) is 5.22. The molecule has 0 fully saturated rings. The Labute approximate surface area is 95.7 Å². The lowest BCUT2D eigenvalue weighted by molar-refractivity contribution is 0.581. The van der Waals surface area contributed by atoms with Crippen LogP contribution < -0.4 is 10.5 Å². The fourth-order valence-electron chi connectivity index (χ4n) is 0.846. The van der Waals surface area contributed by atoms with Gasteiger partial charge in [0.25, 0.3) is 10.0 Å². The molecule has 0 aliphatic heterocycles. The lowest BCUT2D eigenvalue weighted by Crippen LogP contribution is -2.25. The Morgan fingerprint density at radius 2 is 2.29 bits per heavy atom. The van der Waals surface area contributed by atoms with Crippen LogP contribution in [0.5, 0.6) is 0 Å². The Morgan fingerprint density at radius 1 is 1.57 bits per heavy atom. The fourth-order valence-corrected chi connectivity index (χ4v) is 4.30. The molecule has 0 radical (unpaired) electrons. The van der Waals surface area contributed by atoms with E-state index in [1.54, 1.807) is 11.4 Å². The number of halogens is 1. The predicted molar refractivity (Wildman–Crippen MR) is 60.9 cm³/mol. The summed E-state index contributed by atoms with van der Waals surface area (Å²) >= 11 is 4.36. The van der Waals surface area contributed by atoms with Crippen molar-refractivity contribution in [2.45, 2.75) is 10.6 Å². The average Bonchev–Trinajstić information content (AvgIpc) is 2.52. The molecular weight excluding hydrogens is 288 g/mol. The standard InChI is InChI=1S/C7H11BrN2O2S2/c8-6-2-5-13-7(6)14(11,12)10-4-1-3-9/h2,5,10H,1,3-4,9H2. The molecule has 1 aromatic rings. The van der Waals surface area contributed by atoms with Gasteiger partial charge >= 0.3 is 0 Å². The number of nitrogens with one attached hydrogen (secondary N) is 1. The quantitative estimate of drug-likeness (QED) is 0.801. The Bertz CT molecular complexity index is 388. The zero-order valence-electron chi connectivity index (χ0n) is 7.36. The number of sulfonamides is 1. The SMILES string of the molecule is NCCCNS(=O)(=O)c1sccc1Br. The summed E-state index contributed by atoms with van der Waals surface area (Å²) < 4.78 is 26.6. The molecule has 4 nitrogen and oxygen atoms in total. The van der Waals surface area contributed by atoms with Crippen LogP contribution in [0, 0.1) is 0 Å². The maximum Gasteiger partial charge on any atom is 0.251 e. The minimum atomic E-state index is -3.35. The Kier molecular flexibility index (Phi) is 4.52. The molecule has 0 bridgehead atoms. The van der Waals surface area contributed by atoms with Crippen LogP contribution >= 0.6 is 27.3 Å². The molecule has 0 aliphatic rings. The van der Waals surface area contributed by atoms with Crippen LogP contribution in [-0.4, -0.2) is 21.5 Å². The van der Waals surface area contributed by atoms with E-state index < -0.39 is 10.0 Å². The predicted octanol–water partition coefficient (Wildman–Crippen LogP) is 1.14. The van der Waals surface area contributed by atoms with Gasteiger partial charge in [-0.2, -0.15) is 0 Å². The molecule has 0 aliphatic carbocycles. The Morgan fingerprint density at radius 3 is 2.79 bits per heavy atom. The van der Waals surface area contributed by atoms with Gasteiger partial charge in [0.1, 0.15) is 4.21 Å². The van der Waals surface area contributed by atoms with E-state index in [9.17, 15) is 8.42 Å². The van der Waals surface area contributed by atoms with Crippen LogP contribution in [0.4, 0.5) is 0 Å². The minimum Gasteiger partial charge on any atom is -0.330 e. The summed E-state index contributed by atoms with van der Waals surface area (Å²) in [6.45, 7) is 0.858. The van der Waals surface area contributed by atoms with Crippen LogP contribution in [0.15, 0.2) is 20.1 Å². The fraction of sp³-hybridized carbons (Fsp3) is 0.429. The molecule has 3 N–H and O–H groups in total. The number of thiophene rings is 1. The highest BCUT2D eigenvalue weighted by atomic mass is 79.9. The summed E-state index contributed by atoms with van der Waals surface area (Å²) in [6, 6.07) is 1.71. The lowest BCUT2D eigenvalue weighted by atomic mass is 10.4. The molecule has 0 unspecified atom stereocenters. The van der Waals surface area contributed by atoms with Gasteiger partial charge < -0.3 is 5.73 Å². The van der Waals surface area contributed by atoms with Crippen molar-refractivity contribution < 1.29 is 8.42 Å². The van der Waals surface area contributed by atoms with Crippen LogP contribution in [0.1, 0.15) is 6.42 Å². The summed E-state index contributed by atoms with van der Waals surface area (Å²) in [7, 11) is -3.35. The highest BCUT2D eigenvalue weighted by Gasteiger charge is 2.17. The summed E-state index contributed by atoms with van der Waals surface area (Å²) in [4.78, 5) is 0. The minimum absolute atomic E-state index is 0.314. The van der Waals surface area contributed by atoms with E-state index in [2.05, 4.69) is 20.7 Å². The Hall–Kier alpha value is 0.0500. The largest absolute Gasteiger partial charge is 0.330 e. The normalized spacial score (nSPS) is 11.9. The van der Waals surface area contributed by atoms with Gasteiger partial charge in [0.15, 0.2) is 0 Å². The molecule has 14 heavy (non-hydrogen) atoms. The van der Waals surface area contributed by atoms with Gasteiger partial charge in [0.2, 0.25) is 0 Å². The maximum atomic E-state index is 11.6. The van der Waals surface area contributed by atoms with Gasteiger partial charge in [-0.3, -0.25) is 0 Å². The first-order chi connectivity index (χ1) is 6.58. The van der Waals surface area contributed by atoms with E-state index >= 15 is 0 Å². The number of hydrogen-bond acceptors (Lipinski definition) is 4. The van der Waals surface area contributed by atoms with Crippen LogP contribution in [-0.2, 0) is 10.0 Å². The van der Waals surface area contributed by atoms with Crippen LogP contribution in [0.3, 0.4) is 0 Å². The van der Waals surface area contributed by atoms with E-state index in [-0.39, 0.29) is 0 Å². The lowest BCUT2D eigenvalue weighted by Gasteiger charge is -2.03. The van der Waals surface area contributed by atoms with Crippen molar-refractivity contribution in [1.29, 1.82) is 0 Å². The molecule has 0 aromatic carbocycles. The van der Waals surface area contributed by atoms with Gasteiger partial charge in [-0.05, 0) is 40.3 Å². The molecule has 0 spiro atoms. The van der Waals surface area contributed by atoms with Crippen molar-refractivity contribution in [3.8, 4) is 0 Å². The average molecular weight is 299 g/mol. The monoisotopic (exact) mass is 298 g/mol. The van der Waals surface area contributed by atoms with Crippen molar-refractivity contribution >= 4 is 37.3 Å². The third-order valence-electron chi connectivity index (χ3n) is 1.50. The Balaban J connectivity index is 2.72. The highest BCUT2D eigenvalue weighted by Crippen LogP contribution is 2.27. The van der Waals surface area contributed by atoms with E-state index in [1.807, 2.05) is 0 Å². The van der Waals surface area contributed by atoms with E-state index in [4.69, 9.17) is 5.73 Å². The zero-order valence-corrected chi connectivity index (χ0v) is 10.6. The summed E-state index contributed by atoms with van der Waals surface area (Å²) in [6.07, 6.45) is 0.641. The van der Waals surface area contributed by atoms with Crippen LogP contribution in [0.2, 0.25) is 0 Å². The molecule has 0 amide bonds. The first-order valence-electron chi connectivity index (χ1n) is 4.00. The van der Waals surface area contributed by atoms with Crippen LogP contribution in [0.25, 0.3) is 0 Å². The van der Waals surface area contributed by atoms with Crippen molar-refractivity contribution in [3.63, 3.8) is 0 Å². The molecule has 1 rings (SSSR count). The first kappa shape index (κ1) is 12.1. The second-order valence-corrected chi connectivity index (χ2v) is 6.33. The van der Waals surface area contributed by atoms with Crippen molar-refractivity contribution in [1.82, 2.24) is 4.72 Å². The maximum absolute atomic E-state index is 11.6. The molecule has 80 valence electrons. The van der Waals surface area contributed by atoms with Crippen molar-refractivity contribution in [3.05, 3.63) is 15.9 Å². The molecule has 1 aromatic heterocycles. The smallest absolute Gasteiger partial charge is 0.251 e. The molecule has 0 saturated carbocycles. The molecule has 0 atom stereocenters. The second-order valence-electron chi connectivity index (χ2n) is 2.60. The van der Waals surface area contributed by atoms with Crippen molar-refractivity contribution in [2.24, 2.45) is 5.73 Å². The summed E-state index contributed by atoms with van der Waals surface area (Å²) in [5.74, 6) is 0. The van der Waals surface area contributed by atoms with Gasteiger partial charge in [0.05, 0.1) is 0 Å². The van der Waals surface area contributed by atoms with Gasteiger partial charge in [0, 0.05) is 11.0 Å².